The second-order valence-electron chi connectivity index (χ2n) is 4.84. The highest BCUT2D eigenvalue weighted by atomic mass is 16.5. The van der Waals surface area contributed by atoms with Crippen molar-refractivity contribution in [1.82, 2.24) is 4.90 Å². The average molecular weight is 248 g/mol. The number of amides is 1. The zero-order valence-electron chi connectivity index (χ0n) is 11.0. The van der Waals surface area contributed by atoms with Gasteiger partial charge in [-0.15, -0.1) is 0 Å². The fourth-order valence-corrected chi connectivity index (χ4v) is 2.36. The van der Waals surface area contributed by atoms with E-state index in [1.807, 2.05) is 30.0 Å². The Bertz CT molecular complexity index is 445. The van der Waals surface area contributed by atoms with Gasteiger partial charge in [0, 0.05) is 25.9 Å². The molecule has 1 saturated heterocycles. The van der Waals surface area contributed by atoms with E-state index in [0.717, 1.165) is 24.9 Å². The van der Waals surface area contributed by atoms with Gasteiger partial charge in [0.25, 0.3) is 5.91 Å². The molecule has 2 N–H and O–H groups in total. The highest BCUT2D eigenvalue weighted by Crippen LogP contribution is 2.20. The lowest BCUT2D eigenvalue weighted by Crippen LogP contribution is -2.43. The zero-order valence-corrected chi connectivity index (χ0v) is 11.0. The first-order chi connectivity index (χ1) is 8.61. The van der Waals surface area contributed by atoms with Crippen molar-refractivity contribution in [2.45, 2.75) is 25.9 Å². The molecular formula is C14H20N2O2. The average Bonchev–Trinajstić information content (AvgIpc) is 2.38. The van der Waals surface area contributed by atoms with Gasteiger partial charge in [0.05, 0.1) is 11.7 Å². The lowest BCUT2D eigenvalue weighted by Gasteiger charge is -2.32. The van der Waals surface area contributed by atoms with E-state index < -0.39 is 0 Å². The predicted molar refractivity (Wildman–Crippen MR) is 71.5 cm³/mol. The van der Waals surface area contributed by atoms with Gasteiger partial charge in [0.2, 0.25) is 0 Å². The molecule has 18 heavy (non-hydrogen) atoms. The van der Waals surface area contributed by atoms with E-state index in [-0.39, 0.29) is 12.0 Å². The van der Waals surface area contributed by atoms with E-state index in [1.165, 1.54) is 0 Å². The molecule has 0 aliphatic carbocycles. The third-order valence-corrected chi connectivity index (χ3v) is 3.44. The minimum atomic E-state index is 0.00856. The van der Waals surface area contributed by atoms with E-state index in [4.69, 9.17) is 10.5 Å². The van der Waals surface area contributed by atoms with Gasteiger partial charge in [-0.1, -0.05) is 6.07 Å². The summed E-state index contributed by atoms with van der Waals surface area (Å²) in [5.41, 5.74) is 8.13. The molecular weight excluding hydrogens is 228 g/mol. The number of anilines is 1. The third-order valence-electron chi connectivity index (χ3n) is 3.44. The molecule has 0 aromatic heterocycles. The highest BCUT2D eigenvalue weighted by Gasteiger charge is 2.25. The molecule has 2 rings (SSSR count). The van der Waals surface area contributed by atoms with Crippen molar-refractivity contribution in [3.63, 3.8) is 0 Å². The lowest BCUT2D eigenvalue weighted by molar-refractivity contribution is 0.0269. The van der Waals surface area contributed by atoms with E-state index in [9.17, 15) is 4.79 Å². The summed E-state index contributed by atoms with van der Waals surface area (Å²) in [6.07, 6.45) is 2.15. The van der Waals surface area contributed by atoms with Crippen LogP contribution in [0.1, 0.15) is 28.8 Å². The van der Waals surface area contributed by atoms with Gasteiger partial charge in [0.15, 0.2) is 0 Å². The molecule has 1 atom stereocenters. The summed E-state index contributed by atoms with van der Waals surface area (Å²) in [5.74, 6) is 0.00856. The summed E-state index contributed by atoms with van der Waals surface area (Å²) >= 11 is 0. The van der Waals surface area contributed by atoms with Gasteiger partial charge < -0.3 is 15.4 Å². The van der Waals surface area contributed by atoms with E-state index >= 15 is 0 Å². The molecule has 0 radical (unpaired) electrons. The van der Waals surface area contributed by atoms with Crippen molar-refractivity contribution in [2.24, 2.45) is 0 Å². The molecule has 1 unspecified atom stereocenters. The fraction of sp³-hybridized carbons (Fsp3) is 0.500. The van der Waals surface area contributed by atoms with Crippen LogP contribution >= 0.6 is 0 Å². The van der Waals surface area contributed by atoms with Crippen LogP contribution in [-0.4, -0.2) is 37.1 Å². The molecule has 1 aromatic carbocycles. The Labute approximate surface area is 108 Å². The molecule has 0 saturated carbocycles. The van der Waals surface area contributed by atoms with Gasteiger partial charge >= 0.3 is 0 Å². The number of carbonyl (C=O) groups is 1. The molecule has 4 heteroatoms. The Kier molecular flexibility index (Phi) is 3.87. The Balaban J connectivity index is 2.15. The molecule has 4 nitrogen and oxygen atoms in total. The summed E-state index contributed by atoms with van der Waals surface area (Å²) in [6, 6.07) is 5.57. The Hall–Kier alpha value is -1.55. The number of nitrogens with two attached hydrogens (primary N) is 1. The highest BCUT2D eigenvalue weighted by molar-refractivity contribution is 5.99. The van der Waals surface area contributed by atoms with Crippen LogP contribution in [0.25, 0.3) is 0 Å². The predicted octanol–water partition coefficient (Wildman–Crippen LogP) is 1.83. The molecule has 0 bridgehead atoms. The number of aryl methyl sites for hydroxylation is 1. The number of methoxy groups -OCH3 is 1. The second kappa shape index (κ2) is 5.40. The summed E-state index contributed by atoms with van der Waals surface area (Å²) in [7, 11) is 1.69. The van der Waals surface area contributed by atoms with Gasteiger partial charge in [-0.05, 0) is 37.5 Å². The summed E-state index contributed by atoms with van der Waals surface area (Å²) in [5, 5.41) is 0. The molecule has 0 spiro atoms. The van der Waals surface area contributed by atoms with Gasteiger partial charge in [-0.25, -0.2) is 0 Å². The first-order valence-electron chi connectivity index (χ1n) is 6.30. The third kappa shape index (κ3) is 2.64. The maximum Gasteiger partial charge on any atom is 0.256 e. The lowest BCUT2D eigenvalue weighted by atomic mass is 10.0. The fourth-order valence-electron chi connectivity index (χ4n) is 2.36. The number of carbonyl (C=O) groups excluding carboxylic acids is 1. The van der Waals surface area contributed by atoms with Crippen LogP contribution in [0, 0.1) is 6.92 Å². The first kappa shape index (κ1) is 12.9. The Morgan fingerprint density at radius 3 is 2.94 bits per heavy atom. The molecule has 1 fully saturated rings. The molecule has 1 aromatic rings. The van der Waals surface area contributed by atoms with Gasteiger partial charge in [-0.2, -0.15) is 0 Å². The van der Waals surface area contributed by atoms with Crippen LogP contribution < -0.4 is 5.73 Å². The zero-order chi connectivity index (χ0) is 13.1. The van der Waals surface area contributed by atoms with Gasteiger partial charge in [-0.3, -0.25) is 4.79 Å². The van der Waals surface area contributed by atoms with Crippen molar-refractivity contribution < 1.29 is 9.53 Å². The van der Waals surface area contributed by atoms with E-state index in [0.29, 0.717) is 17.8 Å². The van der Waals surface area contributed by atoms with Crippen LogP contribution in [0.5, 0.6) is 0 Å². The molecule has 1 amide bonds. The number of nitrogens with zero attached hydrogens (tertiary/aromatic N) is 1. The topological polar surface area (TPSA) is 55.6 Å². The van der Waals surface area contributed by atoms with E-state index in [1.54, 1.807) is 7.11 Å². The standard InChI is InChI=1S/C14H20N2O2/c1-10-5-6-12(13(15)8-10)14(17)16-7-3-4-11(9-16)18-2/h5-6,8,11H,3-4,7,9,15H2,1-2H3. The number of hydrogen-bond acceptors (Lipinski definition) is 3. The molecule has 1 aliphatic heterocycles. The molecule has 1 aliphatic rings. The van der Waals surface area contributed by atoms with E-state index in [2.05, 4.69) is 0 Å². The Morgan fingerprint density at radius 2 is 2.28 bits per heavy atom. The second-order valence-corrected chi connectivity index (χ2v) is 4.84. The minimum absolute atomic E-state index is 0.00856. The minimum Gasteiger partial charge on any atom is -0.398 e. The number of hydrogen-bond donors (Lipinski definition) is 1. The van der Waals surface area contributed by atoms with Crippen LogP contribution in [0.2, 0.25) is 0 Å². The quantitative estimate of drug-likeness (QED) is 0.812. The summed E-state index contributed by atoms with van der Waals surface area (Å²) in [4.78, 5) is 14.2. The van der Waals surface area contributed by atoms with Crippen LogP contribution in [0.4, 0.5) is 5.69 Å². The molecule has 98 valence electrons. The monoisotopic (exact) mass is 248 g/mol. The Morgan fingerprint density at radius 1 is 1.50 bits per heavy atom. The SMILES string of the molecule is COC1CCCN(C(=O)c2ccc(C)cc2N)C1. The number of rotatable bonds is 2. The normalized spacial score (nSPS) is 19.9. The smallest absolute Gasteiger partial charge is 0.256 e. The van der Waals surface area contributed by atoms with Crippen molar-refractivity contribution >= 4 is 11.6 Å². The number of likely N-dealkylation sites (tertiary alicyclic amines) is 1. The van der Waals surface area contributed by atoms with Crippen LogP contribution in [-0.2, 0) is 4.74 Å². The van der Waals surface area contributed by atoms with Gasteiger partial charge in [0.1, 0.15) is 0 Å². The number of benzene rings is 1. The van der Waals surface area contributed by atoms with Crippen LogP contribution in [0.15, 0.2) is 18.2 Å². The maximum absolute atomic E-state index is 12.4. The van der Waals surface area contributed by atoms with Crippen molar-refractivity contribution in [3.05, 3.63) is 29.3 Å². The first-order valence-corrected chi connectivity index (χ1v) is 6.30. The number of ether oxygens (including phenoxy) is 1. The maximum atomic E-state index is 12.4. The van der Waals surface area contributed by atoms with Crippen molar-refractivity contribution in [3.8, 4) is 0 Å². The van der Waals surface area contributed by atoms with Crippen molar-refractivity contribution in [2.75, 3.05) is 25.9 Å². The largest absolute Gasteiger partial charge is 0.398 e. The number of piperidine rings is 1. The van der Waals surface area contributed by atoms with Crippen LogP contribution in [0.3, 0.4) is 0 Å². The summed E-state index contributed by atoms with van der Waals surface area (Å²) in [6.45, 7) is 3.40. The summed E-state index contributed by atoms with van der Waals surface area (Å²) < 4.78 is 5.33. The number of nitrogen functional groups attached to an aromatic ring is 1. The molecule has 1 heterocycles. The van der Waals surface area contributed by atoms with Crippen molar-refractivity contribution in [1.29, 1.82) is 0 Å².